The minimum absolute atomic E-state index is 0.0485. The van der Waals surface area contributed by atoms with Gasteiger partial charge in [0.2, 0.25) is 0 Å². The lowest BCUT2D eigenvalue weighted by Crippen LogP contribution is -2.39. The molecule has 0 unspecified atom stereocenters. The zero-order valence-electron chi connectivity index (χ0n) is 11.3. The summed E-state index contributed by atoms with van der Waals surface area (Å²) >= 11 is 1.76. The molecule has 0 saturated heterocycles. The van der Waals surface area contributed by atoms with Crippen molar-refractivity contribution in [3.8, 4) is 5.75 Å². The molecule has 102 valence electrons. The maximum atomic E-state index is 6.08. The van der Waals surface area contributed by atoms with Gasteiger partial charge in [0.1, 0.15) is 5.75 Å². The number of hydrogen-bond acceptors (Lipinski definition) is 4. The van der Waals surface area contributed by atoms with E-state index in [1.165, 1.54) is 16.2 Å². The van der Waals surface area contributed by atoms with Crippen molar-refractivity contribution < 1.29 is 4.74 Å². The molecule has 0 saturated carbocycles. The fraction of sp³-hybridized carbons (Fsp3) is 0.312. The van der Waals surface area contributed by atoms with Crippen molar-refractivity contribution in [2.75, 3.05) is 0 Å². The summed E-state index contributed by atoms with van der Waals surface area (Å²) in [4.78, 5) is 1.27. The van der Waals surface area contributed by atoms with Crippen LogP contribution in [-0.2, 0) is 0 Å². The summed E-state index contributed by atoms with van der Waals surface area (Å²) in [6, 6.07) is 12.9. The highest BCUT2D eigenvalue weighted by atomic mass is 32.1. The smallest absolute Gasteiger partial charge is 0.187 e. The van der Waals surface area contributed by atoms with Gasteiger partial charge in [-0.05, 0) is 17.5 Å². The van der Waals surface area contributed by atoms with E-state index in [0.717, 1.165) is 18.6 Å². The highest BCUT2D eigenvalue weighted by Crippen LogP contribution is 2.43. The van der Waals surface area contributed by atoms with Crippen molar-refractivity contribution in [2.24, 2.45) is 5.10 Å². The third-order valence-electron chi connectivity index (χ3n) is 3.93. The number of ether oxygens (including phenoxy) is 1. The van der Waals surface area contributed by atoms with Crippen LogP contribution in [0.25, 0.3) is 0 Å². The maximum absolute atomic E-state index is 6.08. The van der Waals surface area contributed by atoms with Gasteiger partial charge in [-0.15, -0.1) is 11.3 Å². The van der Waals surface area contributed by atoms with Crippen molar-refractivity contribution in [3.05, 3.63) is 52.2 Å². The average molecular weight is 284 g/mol. The molecule has 2 aromatic rings. The summed E-state index contributed by atoms with van der Waals surface area (Å²) in [6.07, 6.45) is 1.95. The van der Waals surface area contributed by atoms with Crippen LogP contribution in [0.1, 0.15) is 36.2 Å². The number of rotatable bonds is 2. The third-order valence-corrected chi connectivity index (χ3v) is 4.85. The van der Waals surface area contributed by atoms with Gasteiger partial charge in [0.15, 0.2) is 6.23 Å². The minimum atomic E-state index is 0.0485. The number of hydrogen-bond donors (Lipinski definition) is 0. The van der Waals surface area contributed by atoms with Gasteiger partial charge in [0.05, 0.1) is 16.6 Å². The van der Waals surface area contributed by atoms with E-state index in [4.69, 9.17) is 9.84 Å². The first-order valence-electron chi connectivity index (χ1n) is 7.02. The van der Waals surface area contributed by atoms with Crippen molar-refractivity contribution in [3.63, 3.8) is 0 Å². The summed E-state index contributed by atoms with van der Waals surface area (Å²) < 4.78 is 6.08. The molecule has 3 heterocycles. The number of para-hydroxylation sites is 1. The van der Waals surface area contributed by atoms with Crippen molar-refractivity contribution in [1.29, 1.82) is 0 Å². The van der Waals surface area contributed by atoms with E-state index in [-0.39, 0.29) is 6.23 Å². The molecule has 0 N–H and O–H groups in total. The summed E-state index contributed by atoms with van der Waals surface area (Å²) in [5.41, 5.74) is 2.44. The van der Waals surface area contributed by atoms with Crippen LogP contribution in [0.3, 0.4) is 0 Å². The maximum Gasteiger partial charge on any atom is 0.187 e. The van der Waals surface area contributed by atoms with Crippen molar-refractivity contribution in [2.45, 2.75) is 32.0 Å². The van der Waals surface area contributed by atoms with E-state index < -0.39 is 0 Å². The predicted molar refractivity (Wildman–Crippen MR) is 81.2 cm³/mol. The molecular formula is C16H16N2OS. The second kappa shape index (κ2) is 4.63. The molecule has 2 aliphatic heterocycles. The Kier molecular flexibility index (Phi) is 2.77. The Labute approximate surface area is 122 Å². The fourth-order valence-corrected chi connectivity index (χ4v) is 3.69. The lowest BCUT2D eigenvalue weighted by molar-refractivity contribution is -0.0188. The number of benzene rings is 1. The zero-order valence-corrected chi connectivity index (χ0v) is 12.1. The fourth-order valence-electron chi connectivity index (χ4n) is 2.97. The Bertz CT molecular complexity index is 650. The van der Waals surface area contributed by atoms with E-state index >= 15 is 0 Å². The van der Waals surface area contributed by atoms with Gasteiger partial charge in [0.25, 0.3) is 0 Å². The van der Waals surface area contributed by atoms with Gasteiger partial charge in [-0.1, -0.05) is 31.2 Å². The van der Waals surface area contributed by atoms with Gasteiger partial charge >= 0.3 is 0 Å². The van der Waals surface area contributed by atoms with E-state index in [1.807, 2.05) is 6.07 Å². The first-order chi connectivity index (χ1) is 9.86. The monoisotopic (exact) mass is 284 g/mol. The number of nitrogens with zero attached hydrogens (tertiary/aromatic N) is 2. The molecular weight excluding hydrogens is 268 g/mol. The topological polar surface area (TPSA) is 24.8 Å². The van der Waals surface area contributed by atoms with Gasteiger partial charge in [0, 0.05) is 18.4 Å². The zero-order chi connectivity index (χ0) is 13.5. The van der Waals surface area contributed by atoms with Crippen LogP contribution in [0.2, 0.25) is 0 Å². The van der Waals surface area contributed by atoms with Crippen LogP contribution in [-0.4, -0.2) is 16.9 Å². The van der Waals surface area contributed by atoms with Crippen molar-refractivity contribution >= 4 is 17.0 Å². The molecule has 0 fully saturated rings. The first-order valence-corrected chi connectivity index (χ1v) is 7.90. The molecule has 4 heteroatoms. The van der Waals surface area contributed by atoms with E-state index in [2.05, 4.69) is 47.6 Å². The molecule has 0 radical (unpaired) electrons. The second-order valence-electron chi connectivity index (χ2n) is 5.14. The van der Waals surface area contributed by atoms with Crippen LogP contribution in [0.4, 0.5) is 0 Å². The lowest BCUT2D eigenvalue weighted by atomic mass is 9.98. The Morgan fingerprint density at radius 1 is 1.30 bits per heavy atom. The van der Waals surface area contributed by atoms with Gasteiger partial charge < -0.3 is 4.74 Å². The molecule has 0 amide bonds. The Morgan fingerprint density at radius 3 is 3.00 bits per heavy atom. The Morgan fingerprint density at radius 2 is 2.20 bits per heavy atom. The number of hydrazone groups is 1. The summed E-state index contributed by atoms with van der Waals surface area (Å²) in [7, 11) is 0. The second-order valence-corrected chi connectivity index (χ2v) is 6.09. The molecule has 4 rings (SSSR count). The molecule has 20 heavy (non-hydrogen) atoms. The predicted octanol–water partition coefficient (Wildman–Crippen LogP) is 4.03. The van der Waals surface area contributed by atoms with Gasteiger partial charge in [-0.25, -0.2) is 0 Å². The molecule has 0 bridgehead atoms. The lowest BCUT2D eigenvalue weighted by Gasteiger charge is -2.37. The van der Waals surface area contributed by atoms with Gasteiger partial charge in [-0.2, -0.15) is 5.10 Å². The van der Waals surface area contributed by atoms with Crippen LogP contribution >= 0.6 is 11.3 Å². The molecule has 2 atom stereocenters. The molecule has 1 aromatic heterocycles. The van der Waals surface area contributed by atoms with E-state index in [1.54, 1.807) is 11.3 Å². The summed E-state index contributed by atoms with van der Waals surface area (Å²) in [6.45, 7) is 2.15. The Balaban J connectivity index is 1.75. The van der Waals surface area contributed by atoms with Crippen molar-refractivity contribution in [1.82, 2.24) is 5.01 Å². The largest absolute Gasteiger partial charge is 0.469 e. The van der Waals surface area contributed by atoms with Crippen LogP contribution in [0.5, 0.6) is 5.75 Å². The summed E-state index contributed by atoms with van der Waals surface area (Å²) in [5.74, 6) is 1.02. The molecule has 0 spiro atoms. The van der Waals surface area contributed by atoms with Crippen LogP contribution in [0, 0.1) is 0 Å². The third kappa shape index (κ3) is 1.75. The average Bonchev–Trinajstić information content (AvgIpc) is 3.15. The molecule has 0 aliphatic carbocycles. The number of fused-ring (bicyclic) bond motifs is 3. The first kappa shape index (κ1) is 12.0. The van der Waals surface area contributed by atoms with E-state index in [9.17, 15) is 0 Å². The Hall–Kier alpha value is -1.81. The molecule has 3 nitrogen and oxygen atoms in total. The standard InChI is InChI=1S/C16H16N2OS/c1-2-16-18-13(11-6-3-4-7-14(11)19-16)10-12(17-18)15-8-5-9-20-15/h3-9,13,16H,2,10H2,1H3/t13-,16+/m0/s1. The highest BCUT2D eigenvalue weighted by molar-refractivity contribution is 7.12. The molecule has 2 aliphatic rings. The quantitative estimate of drug-likeness (QED) is 0.832. The SMILES string of the molecule is CC[C@H]1Oc2ccccc2[C@@H]2CC(c3cccs3)=NN12. The summed E-state index contributed by atoms with van der Waals surface area (Å²) in [5, 5.41) is 9.10. The van der Waals surface area contributed by atoms with Gasteiger partial charge in [-0.3, -0.25) is 5.01 Å². The number of thiophene rings is 1. The minimum Gasteiger partial charge on any atom is -0.469 e. The highest BCUT2D eigenvalue weighted by Gasteiger charge is 2.39. The van der Waals surface area contributed by atoms with E-state index in [0.29, 0.717) is 6.04 Å². The van der Waals surface area contributed by atoms with Crippen LogP contribution < -0.4 is 4.74 Å². The normalized spacial score (nSPS) is 23.9. The molecule has 1 aromatic carbocycles. The van der Waals surface area contributed by atoms with Crippen LogP contribution in [0.15, 0.2) is 46.9 Å².